The number of amides is 2. The molecule has 6 heteroatoms. The van der Waals surface area contributed by atoms with Gasteiger partial charge in [0.2, 0.25) is 5.91 Å². The third-order valence-electron chi connectivity index (χ3n) is 5.75. The highest BCUT2D eigenvalue weighted by Crippen LogP contribution is 2.38. The van der Waals surface area contributed by atoms with Gasteiger partial charge in [-0.2, -0.15) is 5.10 Å². The Morgan fingerprint density at radius 1 is 1.06 bits per heavy atom. The molecule has 1 aliphatic carbocycles. The summed E-state index contributed by atoms with van der Waals surface area (Å²) < 4.78 is 1.93. The Labute approximate surface area is 182 Å². The number of nitrogens with one attached hydrogen (secondary N) is 2. The van der Waals surface area contributed by atoms with E-state index in [-0.39, 0.29) is 17.7 Å². The molecule has 1 saturated carbocycles. The van der Waals surface area contributed by atoms with E-state index in [1.807, 2.05) is 30.7 Å². The fourth-order valence-corrected chi connectivity index (χ4v) is 3.74. The zero-order chi connectivity index (χ0) is 22.0. The monoisotopic (exact) mass is 416 g/mol. The van der Waals surface area contributed by atoms with E-state index in [2.05, 4.69) is 40.9 Å². The topological polar surface area (TPSA) is 76.0 Å². The fourth-order valence-electron chi connectivity index (χ4n) is 3.74. The zero-order valence-corrected chi connectivity index (χ0v) is 18.2. The molecular weight excluding hydrogens is 388 g/mol. The minimum atomic E-state index is -0.118. The largest absolute Gasteiger partial charge is 0.352 e. The molecule has 2 atom stereocenters. The molecule has 2 N–H and O–H groups in total. The van der Waals surface area contributed by atoms with Crippen LogP contribution in [0.5, 0.6) is 0 Å². The Kier molecular flexibility index (Phi) is 5.89. The summed E-state index contributed by atoms with van der Waals surface area (Å²) in [7, 11) is 0. The second kappa shape index (κ2) is 8.76. The lowest BCUT2D eigenvalue weighted by Gasteiger charge is -2.09. The van der Waals surface area contributed by atoms with E-state index in [4.69, 9.17) is 0 Å². The first-order valence-corrected chi connectivity index (χ1v) is 10.7. The molecule has 1 aliphatic rings. The molecule has 160 valence electrons. The standard InChI is InChI=1S/C25H28N4O2/c1-16-14-23(16)25(31)27-21-8-6-20(7-9-21)24(30)26-13-12-19-4-10-22(11-5-19)29-18(3)15-17(2)28-29/h4-11,15-16,23H,12-14H2,1-3H3,(H,26,30)(H,27,31). The van der Waals surface area contributed by atoms with Crippen LogP contribution in [0.15, 0.2) is 54.6 Å². The third-order valence-corrected chi connectivity index (χ3v) is 5.75. The summed E-state index contributed by atoms with van der Waals surface area (Å²) in [6, 6.07) is 17.3. The first kappa shape index (κ1) is 20.8. The molecule has 2 aromatic carbocycles. The van der Waals surface area contributed by atoms with E-state index in [1.54, 1.807) is 24.3 Å². The Balaban J connectivity index is 1.26. The Morgan fingerprint density at radius 2 is 1.74 bits per heavy atom. The van der Waals surface area contributed by atoms with Crippen molar-refractivity contribution in [1.82, 2.24) is 15.1 Å². The van der Waals surface area contributed by atoms with Gasteiger partial charge in [-0.3, -0.25) is 9.59 Å². The van der Waals surface area contributed by atoms with Crippen LogP contribution in [0.4, 0.5) is 5.69 Å². The normalized spacial score (nSPS) is 17.3. The highest BCUT2D eigenvalue weighted by molar-refractivity contribution is 5.96. The Bertz CT molecular complexity index is 1080. The van der Waals surface area contributed by atoms with E-state index < -0.39 is 0 Å². The van der Waals surface area contributed by atoms with Gasteiger partial charge in [-0.15, -0.1) is 0 Å². The maximum atomic E-state index is 12.4. The Hall–Kier alpha value is -3.41. The molecule has 31 heavy (non-hydrogen) atoms. The lowest BCUT2D eigenvalue weighted by molar-refractivity contribution is -0.117. The maximum Gasteiger partial charge on any atom is 0.251 e. The number of aryl methyl sites for hydroxylation is 2. The second-order valence-electron chi connectivity index (χ2n) is 8.40. The van der Waals surface area contributed by atoms with Gasteiger partial charge in [0.1, 0.15) is 0 Å². The lowest BCUT2D eigenvalue weighted by Crippen LogP contribution is -2.25. The summed E-state index contributed by atoms with van der Waals surface area (Å²) in [5, 5.41) is 10.4. The van der Waals surface area contributed by atoms with Gasteiger partial charge in [-0.25, -0.2) is 4.68 Å². The van der Waals surface area contributed by atoms with Gasteiger partial charge in [0.05, 0.1) is 11.4 Å². The molecule has 0 spiro atoms. The Morgan fingerprint density at radius 3 is 2.32 bits per heavy atom. The van der Waals surface area contributed by atoms with E-state index in [9.17, 15) is 9.59 Å². The van der Waals surface area contributed by atoms with Gasteiger partial charge in [0.15, 0.2) is 0 Å². The number of benzene rings is 2. The molecule has 3 aromatic rings. The predicted molar refractivity (Wildman–Crippen MR) is 121 cm³/mol. The second-order valence-corrected chi connectivity index (χ2v) is 8.40. The highest BCUT2D eigenvalue weighted by atomic mass is 16.2. The van der Waals surface area contributed by atoms with E-state index in [0.717, 1.165) is 41.2 Å². The third kappa shape index (κ3) is 5.02. The van der Waals surface area contributed by atoms with E-state index in [1.165, 1.54) is 0 Å². The summed E-state index contributed by atoms with van der Waals surface area (Å²) >= 11 is 0. The van der Waals surface area contributed by atoms with Crippen molar-refractivity contribution in [1.29, 1.82) is 0 Å². The van der Waals surface area contributed by atoms with Crippen molar-refractivity contribution in [2.45, 2.75) is 33.6 Å². The number of carbonyl (C=O) groups is 2. The molecule has 0 bridgehead atoms. The highest BCUT2D eigenvalue weighted by Gasteiger charge is 2.39. The van der Waals surface area contributed by atoms with Crippen molar-refractivity contribution in [3.05, 3.63) is 77.1 Å². The predicted octanol–water partition coefficient (Wildman–Crippen LogP) is 4.06. The first-order chi connectivity index (χ1) is 14.9. The minimum absolute atomic E-state index is 0.0635. The van der Waals surface area contributed by atoms with Crippen molar-refractivity contribution < 1.29 is 9.59 Å². The van der Waals surface area contributed by atoms with E-state index in [0.29, 0.717) is 18.0 Å². The molecule has 0 aliphatic heterocycles. The van der Waals surface area contributed by atoms with Gasteiger partial charge in [-0.05, 0) is 80.6 Å². The van der Waals surface area contributed by atoms with Crippen molar-refractivity contribution in [3.8, 4) is 5.69 Å². The van der Waals surface area contributed by atoms with Crippen LogP contribution in [0.2, 0.25) is 0 Å². The number of carbonyl (C=O) groups excluding carboxylic acids is 2. The van der Waals surface area contributed by atoms with Gasteiger partial charge in [-0.1, -0.05) is 19.1 Å². The van der Waals surface area contributed by atoms with Crippen LogP contribution in [-0.4, -0.2) is 28.1 Å². The summed E-state index contributed by atoms with van der Waals surface area (Å²) in [4.78, 5) is 24.4. The average molecular weight is 417 g/mol. The summed E-state index contributed by atoms with van der Waals surface area (Å²) in [6.45, 7) is 6.65. The average Bonchev–Trinajstić information content (AvgIpc) is 3.40. The SMILES string of the molecule is Cc1cc(C)n(-c2ccc(CCNC(=O)c3ccc(NC(=O)C4CC4C)cc3)cc2)n1. The molecule has 1 heterocycles. The molecule has 1 fully saturated rings. The molecule has 1 aromatic heterocycles. The zero-order valence-electron chi connectivity index (χ0n) is 18.2. The molecular formula is C25H28N4O2. The molecule has 6 nitrogen and oxygen atoms in total. The number of aromatic nitrogens is 2. The van der Waals surface area contributed by atoms with Gasteiger partial charge in [0.25, 0.3) is 5.91 Å². The first-order valence-electron chi connectivity index (χ1n) is 10.7. The fraction of sp³-hybridized carbons (Fsp3) is 0.320. The number of nitrogens with zero attached hydrogens (tertiary/aromatic N) is 2. The van der Waals surface area contributed by atoms with Crippen LogP contribution >= 0.6 is 0 Å². The van der Waals surface area contributed by atoms with E-state index >= 15 is 0 Å². The van der Waals surface area contributed by atoms with Crippen molar-refractivity contribution >= 4 is 17.5 Å². The number of hydrogen-bond acceptors (Lipinski definition) is 3. The summed E-state index contributed by atoms with van der Waals surface area (Å²) in [5.74, 6) is 0.548. The van der Waals surface area contributed by atoms with Crippen LogP contribution in [0, 0.1) is 25.7 Å². The molecule has 0 radical (unpaired) electrons. The number of anilines is 1. The number of hydrogen-bond donors (Lipinski definition) is 2. The van der Waals surface area contributed by atoms with Crippen LogP contribution < -0.4 is 10.6 Å². The van der Waals surface area contributed by atoms with Crippen LogP contribution in [0.3, 0.4) is 0 Å². The van der Waals surface area contributed by atoms with Crippen LogP contribution in [-0.2, 0) is 11.2 Å². The molecule has 2 amide bonds. The quantitative estimate of drug-likeness (QED) is 0.610. The van der Waals surface area contributed by atoms with Crippen LogP contribution in [0.25, 0.3) is 5.69 Å². The maximum absolute atomic E-state index is 12.4. The summed E-state index contributed by atoms with van der Waals surface area (Å²) in [6.07, 6.45) is 1.70. The van der Waals surface area contributed by atoms with Crippen molar-refractivity contribution in [2.24, 2.45) is 11.8 Å². The molecule has 2 unspecified atom stereocenters. The lowest BCUT2D eigenvalue weighted by atomic mass is 10.1. The van der Waals surface area contributed by atoms with Crippen molar-refractivity contribution in [3.63, 3.8) is 0 Å². The van der Waals surface area contributed by atoms with Gasteiger partial charge < -0.3 is 10.6 Å². The van der Waals surface area contributed by atoms with Gasteiger partial charge >= 0.3 is 0 Å². The minimum Gasteiger partial charge on any atom is -0.352 e. The summed E-state index contributed by atoms with van der Waals surface area (Å²) in [5.41, 5.74) is 5.59. The smallest absolute Gasteiger partial charge is 0.251 e. The van der Waals surface area contributed by atoms with Crippen LogP contribution in [0.1, 0.15) is 40.7 Å². The number of rotatable bonds is 7. The molecule has 0 saturated heterocycles. The van der Waals surface area contributed by atoms with Crippen molar-refractivity contribution in [2.75, 3.05) is 11.9 Å². The molecule has 4 rings (SSSR count). The van der Waals surface area contributed by atoms with Gasteiger partial charge in [0, 0.05) is 29.4 Å².